The van der Waals surface area contributed by atoms with Gasteiger partial charge in [-0.05, 0) is 36.6 Å². The number of hydrogen-bond donors (Lipinski definition) is 1. The molecule has 1 aliphatic heterocycles. The molecule has 1 aliphatic rings. The Morgan fingerprint density at radius 3 is 2.33 bits per heavy atom. The number of amides is 2. The van der Waals surface area contributed by atoms with Crippen molar-refractivity contribution in [2.45, 2.75) is 19.4 Å². The fourth-order valence-electron chi connectivity index (χ4n) is 3.98. The molecule has 0 spiro atoms. The molecule has 0 unspecified atom stereocenters. The minimum absolute atomic E-state index is 0.0175. The molecule has 30 heavy (non-hydrogen) atoms. The van der Waals surface area contributed by atoms with Gasteiger partial charge in [0.2, 0.25) is 5.91 Å². The van der Waals surface area contributed by atoms with Crippen molar-refractivity contribution in [3.05, 3.63) is 90.3 Å². The highest BCUT2D eigenvalue weighted by atomic mass is 16.2. The number of aromatic nitrogens is 2. The van der Waals surface area contributed by atoms with Crippen molar-refractivity contribution in [2.24, 2.45) is 5.41 Å². The van der Waals surface area contributed by atoms with E-state index in [4.69, 9.17) is 0 Å². The molecule has 1 N–H and O–H groups in total. The van der Waals surface area contributed by atoms with Gasteiger partial charge in [-0.1, -0.05) is 48.5 Å². The number of carbonyl (C=O) groups is 2. The van der Waals surface area contributed by atoms with Crippen molar-refractivity contribution < 1.29 is 9.59 Å². The Labute approximate surface area is 176 Å². The van der Waals surface area contributed by atoms with Gasteiger partial charge in [-0.2, -0.15) is 5.10 Å². The molecule has 0 radical (unpaired) electrons. The van der Waals surface area contributed by atoms with Crippen LogP contribution in [0, 0.1) is 5.41 Å². The Morgan fingerprint density at radius 2 is 1.67 bits per heavy atom. The van der Waals surface area contributed by atoms with Gasteiger partial charge in [0.15, 0.2) is 0 Å². The van der Waals surface area contributed by atoms with Crippen LogP contribution in [0.3, 0.4) is 0 Å². The number of nitrogens with one attached hydrogen (secondary N) is 1. The van der Waals surface area contributed by atoms with Gasteiger partial charge in [0.05, 0.1) is 5.41 Å². The molecule has 2 amide bonds. The van der Waals surface area contributed by atoms with Crippen LogP contribution in [0.1, 0.15) is 22.3 Å². The molecule has 4 rings (SSSR count). The smallest absolute Gasteiger partial charge is 0.253 e. The van der Waals surface area contributed by atoms with E-state index in [2.05, 4.69) is 10.4 Å². The van der Waals surface area contributed by atoms with E-state index in [1.165, 1.54) is 0 Å². The van der Waals surface area contributed by atoms with E-state index in [9.17, 15) is 9.59 Å². The summed E-state index contributed by atoms with van der Waals surface area (Å²) in [6.07, 6.45) is 5.09. The van der Waals surface area contributed by atoms with Crippen LogP contribution in [0.15, 0.2) is 79.1 Å². The van der Waals surface area contributed by atoms with Crippen molar-refractivity contribution in [1.29, 1.82) is 0 Å². The maximum absolute atomic E-state index is 13.1. The zero-order valence-electron chi connectivity index (χ0n) is 16.9. The molecule has 0 bridgehead atoms. The van der Waals surface area contributed by atoms with E-state index < -0.39 is 5.41 Å². The zero-order valence-corrected chi connectivity index (χ0v) is 16.9. The minimum Gasteiger partial charge on any atom is -0.355 e. The van der Waals surface area contributed by atoms with Crippen LogP contribution in [-0.2, 0) is 17.8 Å². The van der Waals surface area contributed by atoms with Gasteiger partial charge in [0.1, 0.15) is 0 Å². The molecule has 0 saturated carbocycles. The van der Waals surface area contributed by atoms with Crippen molar-refractivity contribution in [3.8, 4) is 0 Å². The van der Waals surface area contributed by atoms with Crippen LogP contribution in [0.4, 0.5) is 0 Å². The topological polar surface area (TPSA) is 67.2 Å². The SMILES string of the molecule is O=C(c1ccccc1)N1CC(Cc2ccccc2)(C(=O)NCCCn2cccn2)C1. The first-order chi connectivity index (χ1) is 14.7. The summed E-state index contributed by atoms with van der Waals surface area (Å²) in [5.41, 5.74) is 1.18. The number of carbonyl (C=O) groups excluding carboxylic acids is 2. The summed E-state index contributed by atoms with van der Waals surface area (Å²) >= 11 is 0. The third kappa shape index (κ3) is 4.43. The number of rotatable bonds is 8. The highest BCUT2D eigenvalue weighted by molar-refractivity contribution is 5.97. The van der Waals surface area contributed by atoms with E-state index in [-0.39, 0.29) is 11.8 Å². The Hall–Kier alpha value is -3.41. The highest BCUT2D eigenvalue weighted by Crippen LogP contribution is 2.35. The lowest BCUT2D eigenvalue weighted by Gasteiger charge is -2.49. The first-order valence-electron chi connectivity index (χ1n) is 10.3. The van der Waals surface area contributed by atoms with Crippen LogP contribution in [0.5, 0.6) is 0 Å². The van der Waals surface area contributed by atoms with E-state index in [0.717, 1.165) is 18.5 Å². The summed E-state index contributed by atoms with van der Waals surface area (Å²) in [5, 5.41) is 7.27. The van der Waals surface area contributed by atoms with Gasteiger partial charge in [-0.25, -0.2) is 0 Å². The molecule has 1 aromatic heterocycles. The third-order valence-electron chi connectivity index (χ3n) is 5.57. The average Bonchev–Trinajstić information content (AvgIpc) is 3.28. The fourth-order valence-corrected chi connectivity index (χ4v) is 3.98. The van der Waals surface area contributed by atoms with E-state index in [0.29, 0.717) is 31.6 Å². The van der Waals surface area contributed by atoms with Crippen molar-refractivity contribution in [2.75, 3.05) is 19.6 Å². The monoisotopic (exact) mass is 402 g/mol. The first-order valence-corrected chi connectivity index (χ1v) is 10.3. The predicted molar refractivity (Wildman–Crippen MR) is 115 cm³/mol. The second-order valence-electron chi connectivity index (χ2n) is 7.85. The molecule has 0 atom stereocenters. The first kappa shape index (κ1) is 19.9. The Balaban J connectivity index is 1.39. The lowest BCUT2D eigenvalue weighted by Crippen LogP contribution is -2.65. The summed E-state index contributed by atoms with van der Waals surface area (Å²) < 4.78 is 1.86. The van der Waals surface area contributed by atoms with Gasteiger partial charge in [-0.3, -0.25) is 14.3 Å². The number of nitrogens with zero attached hydrogens (tertiary/aromatic N) is 3. The molecule has 2 aromatic carbocycles. The van der Waals surface area contributed by atoms with E-state index >= 15 is 0 Å². The Kier molecular flexibility index (Phi) is 5.93. The van der Waals surface area contributed by atoms with Gasteiger partial charge >= 0.3 is 0 Å². The molecule has 0 aliphatic carbocycles. The molecule has 154 valence electrons. The summed E-state index contributed by atoms with van der Waals surface area (Å²) in [6.45, 7) is 2.21. The predicted octanol–water partition coefficient (Wildman–Crippen LogP) is 2.77. The maximum atomic E-state index is 13.1. The molecule has 1 fully saturated rings. The molecule has 3 aromatic rings. The Morgan fingerprint density at radius 1 is 0.967 bits per heavy atom. The second kappa shape index (κ2) is 8.95. The van der Waals surface area contributed by atoms with E-state index in [1.807, 2.05) is 77.6 Å². The molecular weight excluding hydrogens is 376 g/mol. The highest BCUT2D eigenvalue weighted by Gasteiger charge is 2.50. The minimum atomic E-state index is -0.586. The quantitative estimate of drug-likeness (QED) is 0.589. The van der Waals surface area contributed by atoms with Gasteiger partial charge < -0.3 is 10.2 Å². The summed E-state index contributed by atoms with van der Waals surface area (Å²) in [7, 11) is 0. The summed E-state index contributed by atoms with van der Waals surface area (Å²) in [5.74, 6) is -0.00491. The standard InChI is InChI=1S/C24H26N4O2/c29-22(21-11-5-2-6-12-21)27-18-24(19-27,17-20-9-3-1-4-10-20)23(30)25-13-7-15-28-16-8-14-26-28/h1-6,8-12,14,16H,7,13,15,17-19H2,(H,25,30). The summed E-state index contributed by atoms with van der Waals surface area (Å²) in [6, 6.07) is 21.1. The van der Waals surface area contributed by atoms with Gasteiger partial charge in [0.25, 0.3) is 5.91 Å². The number of aryl methyl sites for hydroxylation is 1. The molecule has 6 nitrogen and oxygen atoms in total. The van der Waals surface area contributed by atoms with Crippen molar-refractivity contribution in [1.82, 2.24) is 20.0 Å². The summed E-state index contributed by atoms with van der Waals surface area (Å²) in [4.78, 5) is 27.7. The average molecular weight is 402 g/mol. The molecule has 2 heterocycles. The fraction of sp³-hybridized carbons (Fsp3) is 0.292. The number of likely N-dealkylation sites (tertiary alicyclic amines) is 1. The second-order valence-corrected chi connectivity index (χ2v) is 7.85. The van der Waals surface area contributed by atoms with Crippen molar-refractivity contribution >= 4 is 11.8 Å². The molecule has 6 heteroatoms. The molecular formula is C24H26N4O2. The van der Waals surface area contributed by atoms with Crippen molar-refractivity contribution in [3.63, 3.8) is 0 Å². The van der Waals surface area contributed by atoms with Gasteiger partial charge in [-0.15, -0.1) is 0 Å². The lowest BCUT2D eigenvalue weighted by molar-refractivity contribution is -0.139. The lowest BCUT2D eigenvalue weighted by atomic mass is 9.73. The zero-order chi connectivity index (χ0) is 20.8. The maximum Gasteiger partial charge on any atom is 0.253 e. The van der Waals surface area contributed by atoms with E-state index in [1.54, 1.807) is 11.1 Å². The van der Waals surface area contributed by atoms with Crippen LogP contribution in [-0.4, -0.2) is 46.1 Å². The van der Waals surface area contributed by atoms with Crippen LogP contribution in [0.25, 0.3) is 0 Å². The normalized spacial score (nSPS) is 14.7. The van der Waals surface area contributed by atoms with Gasteiger partial charge in [0, 0.05) is 44.1 Å². The van der Waals surface area contributed by atoms with Crippen LogP contribution < -0.4 is 5.32 Å². The number of benzene rings is 2. The van der Waals surface area contributed by atoms with Crippen LogP contribution >= 0.6 is 0 Å². The number of hydrogen-bond acceptors (Lipinski definition) is 3. The largest absolute Gasteiger partial charge is 0.355 e. The molecule has 1 saturated heterocycles. The Bertz CT molecular complexity index is 965. The third-order valence-corrected chi connectivity index (χ3v) is 5.57. The van der Waals surface area contributed by atoms with Crippen LogP contribution in [0.2, 0.25) is 0 Å².